The molecule has 1 heterocycles. The summed E-state index contributed by atoms with van der Waals surface area (Å²) in [4.78, 5) is 80.6. The van der Waals surface area contributed by atoms with Gasteiger partial charge in [-0.25, -0.2) is 0 Å². The molecule has 282 valence electrons. The molecule has 0 radical (unpaired) electrons. The average molecular weight is 729 g/mol. The quantitative estimate of drug-likeness (QED) is 0.0757. The maximum atomic E-state index is 13.9. The van der Waals surface area contributed by atoms with E-state index < -0.39 is 60.4 Å². The van der Waals surface area contributed by atoms with Crippen LogP contribution in [-0.2, 0) is 35.2 Å². The van der Waals surface area contributed by atoms with Crippen molar-refractivity contribution in [3.63, 3.8) is 0 Å². The molecular formula is C38H48N8O7. The number of rotatable bonds is 17. The fraction of sp³-hybridized carbons (Fsp3) is 0.368. The van der Waals surface area contributed by atoms with Crippen molar-refractivity contribution in [1.82, 2.24) is 26.2 Å². The van der Waals surface area contributed by atoms with Gasteiger partial charge in [-0.1, -0.05) is 62.4 Å². The minimum absolute atomic E-state index is 0.0139. The van der Waals surface area contributed by atoms with E-state index in [0.717, 1.165) is 5.56 Å². The number of carbonyl (C=O) groups excluding carboxylic acids is 6. The molecule has 0 saturated carbocycles. The third kappa shape index (κ3) is 12.3. The van der Waals surface area contributed by atoms with Crippen LogP contribution in [0.15, 0.2) is 84.9 Å². The number of nitrogens with one attached hydrogen (secondary N) is 7. The Morgan fingerprint density at radius 3 is 2.02 bits per heavy atom. The summed E-state index contributed by atoms with van der Waals surface area (Å²) in [5.74, 6) is -3.20. The molecule has 0 unspecified atom stereocenters. The molecule has 1 saturated heterocycles. The zero-order chi connectivity index (χ0) is 38.3. The Bertz CT molecular complexity index is 1710. The van der Waals surface area contributed by atoms with E-state index in [0.29, 0.717) is 36.4 Å². The highest BCUT2D eigenvalue weighted by Gasteiger charge is 2.35. The number of amides is 6. The van der Waals surface area contributed by atoms with Gasteiger partial charge in [0.05, 0.1) is 12.2 Å². The number of carbonyl (C=O) groups is 6. The second-order valence-electron chi connectivity index (χ2n) is 13.2. The maximum Gasteiger partial charge on any atom is 0.263 e. The van der Waals surface area contributed by atoms with E-state index in [2.05, 4.69) is 31.9 Å². The lowest BCUT2D eigenvalue weighted by Crippen LogP contribution is -2.58. The molecule has 0 aromatic heterocycles. The number of para-hydroxylation sites is 1. The molecule has 15 heteroatoms. The molecule has 1 fully saturated rings. The minimum Gasteiger partial charge on any atom is -0.358 e. The minimum atomic E-state index is -1.42. The Hall–Kier alpha value is -5.96. The summed E-state index contributed by atoms with van der Waals surface area (Å²) in [6, 6.07) is 21.4. The topological polar surface area (TPSA) is 210 Å². The molecule has 4 atom stereocenters. The molecule has 8 N–H and O–H groups in total. The summed E-state index contributed by atoms with van der Waals surface area (Å²) in [5.41, 5.74) is 4.12. The molecule has 3 aromatic carbocycles. The molecule has 15 nitrogen and oxygen atoms in total. The number of hydrogen-bond acceptors (Lipinski definition) is 9. The molecule has 1 aliphatic rings. The monoisotopic (exact) mass is 728 g/mol. The molecule has 6 amide bonds. The van der Waals surface area contributed by atoms with E-state index in [1.807, 2.05) is 55.7 Å². The number of nitrogens with zero attached hydrogens (tertiary/aromatic N) is 1. The Kier molecular flexibility index (Phi) is 14.7. The largest absolute Gasteiger partial charge is 0.358 e. The third-order valence-corrected chi connectivity index (χ3v) is 8.57. The fourth-order valence-corrected chi connectivity index (χ4v) is 5.93. The van der Waals surface area contributed by atoms with Crippen LogP contribution in [0.25, 0.3) is 0 Å². The average Bonchev–Trinajstić information content (AvgIpc) is 3.65. The lowest BCUT2D eigenvalue weighted by molar-refractivity contribution is -0.138. The van der Waals surface area contributed by atoms with Gasteiger partial charge in [-0.15, -0.1) is 0 Å². The van der Waals surface area contributed by atoms with Crippen molar-refractivity contribution >= 4 is 52.5 Å². The zero-order valence-electron chi connectivity index (χ0n) is 30.1. The van der Waals surface area contributed by atoms with Crippen LogP contribution in [0.2, 0.25) is 0 Å². The molecule has 3 aromatic rings. The smallest absolute Gasteiger partial charge is 0.263 e. The Labute approximate surface area is 308 Å². The second kappa shape index (κ2) is 19.6. The van der Waals surface area contributed by atoms with Crippen molar-refractivity contribution in [1.29, 1.82) is 0 Å². The van der Waals surface area contributed by atoms with E-state index in [1.165, 1.54) is 24.0 Å². The van der Waals surface area contributed by atoms with Gasteiger partial charge in [0.2, 0.25) is 29.5 Å². The first-order valence-electron chi connectivity index (χ1n) is 17.5. The van der Waals surface area contributed by atoms with Crippen LogP contribution in [0.1, 0.15) is 45.6 Å². The molecule has 0 bridgehead atoms. The van der Waals surface area contributed by atoms with Gasteiger partial charge >= 0.3 is 0 Å². The summed E-state index contributed by atoms with van der Waals surface area (Å²) < 4.78 is 0. The first-order chi connectivity index (χ1) is 25.4. The summed E-state index contributed by atoms with van der Waals surface area (Å²) in [6.45, 7) is 5.10. The highest BCUT2D eigenvalue weighted by Crippen LogP contribution is 2.18. The summed E-state index contributed by atoms with van der Waals surface area (Å²) in [7, 11) is 0. The highest BCUT2D eigenvalue weighted by atomic mass is 16.5. The number of likely N-dealkylation sites (tertiary alicyclic amines) is 1. The standard InChI is InChI=1S/C38H48N8O7/c1-24(2)21-30(42-37(51)32-15-10-20-46(32)25(3)47)35(49)39-23-33(48)44-34(40-28-16-18-29(45-53)19-17-28)38(52)43-31(22-26-11-6-4-7-12-26)36(50)41-27-13-8-5-9-14-27/h4-9,11-14,16-19,24,30-32,34,40,45,53H,10,15,20-23H2,1-3H3,(H,39,49)(H,41,50)(H,42,51)(H,43,52)(H,44,48)/t30-,31-,32-,34+/m0/s1. The van der Waals surface area contributed by atoms with Crippen molar-refractivity contribution in [2.75, 3.05) is 29.2 Å². The third-order valence-electron chi connectivity index (χ3n) is 8.57. The van der Waals surface area contributed by atoms with Gasteiger partial charge in [0.15, 0.2) is 6.17 Å². The van der Waals surface area contributed by atoms with Crippen LogP contribution in [0.3, 0.4) is 0 Å². The van der Waals surface area contributed by atoms with Crippen molar-refractivity contribution in [3.8, 4) is 0 Å². The summed E-state index contributed by atoms with van der Waals surface area (Å²) in [5, 5.41) is 25.6. The van der Waals surface area contributed by atoms with E-state index in [-0.39, 0.29) is 24.7 Å². The van der Waals surface area contributed by atoms with Crippen molar-refractivity contribution in [2.45, 2.75) is 70.7 Å². The predicted octanol–water partition coefficient (Wildman–Crippen LogP) is 2.37. The highest BCUT2D eigenvalue weighted by molar-refractivity contribution is 5.99. The number of benzene rings is 3. The van der Waals surface area contributed by atoms with Crippen LogP contribution in [-0.4, -0.2) is 82.9 Å². The Morgan fingerprint density at radius 1 is 0.755 bits per heavy atom. The Morgan fingerprint density at radius 2 is 1.40 bits per heavy atom. The number of anilines is 3. The molecule has 4 rings (SSSR count). The first-order valence-corrected chi connectivity index (χ1v) is 17.5. The molecular weight excluding hydrogens is 680 g/mol. The van der Waals surface area contributed by atoms with E-state index in [1.54, 1.807) is 36.4 Å². The first kappa shape index (κ1) is 39.8. The number of hydrogen-bond donors (Lipinski definition) is 8. The van der Waals surface area contributed by atoms with Crippen LogP contribution >= 0.6 is 0 Å². The molecule has 53 heavy (non-hydrogen) atoms. The molecule has 0 aliphatic carbocycles. The van der Waals surface area contributed by atoms with Crippen LogP contribution < -0.4 is 37.4 Å². The van der Waals surface area contributed by atoms with Gasteiger partial charge in [-0.05, 0) is 67.1 Å². The lowest BCUT2D eigenvalue weighted by atomic mass is 10.0. The Balaban J connectivity index is 1.47. The summed E-state index contributed by atoms with van der Waals surface area (Å²) in [6.07, 6.45) is 0.174. The second-order valence-corrected chi connectivity index (χ2v) is 13.2. The van der Waals surface area contributed by atoms with Crippen molar-refractivity contribution in [2.24, 2.45) is 5.92 Å². The fourth-order valence-electron chi connectivity index (χ4n) is 5.93. The zero-order valence-corrected chi connectivity index (χ0v) is 30.1. The van der Waals surface area contributed by atoms with Gasteiger partial charge < -0.3 is 36.8 Å². The van der Waals surface area contributed by atoms with Gasteiger partial charge in [-0.2, -0.15) is 0 Å². The normalized spacial score (nSPS) is 15.3. The lowest BCUT2D eigenvalue weighted by Gasteiger charge is -2.26. The van der Waals surface area contributed by atoms with E-state index in [9.17, 15) is 34.0 Å². The van der Waals surface area contributed by atoms with Gasteiger partial charge in [-0.3, -0.25) is 39.5 Å². The summed E-state index contributed by atoms with van der Waals surface area (Å²) >= 11 is 0. The van der Waals surface area contributed by atoms with Crippen LogP contribution in [0.4, 0.5) is 17.1 Å². The molecule has 1 aliphatic heterocycles. The van der Waals surface area contributed by atoms with E-state index >= 15 is 0 Å². The van der Waals surface area contributed by atoms with E-state index in [4.69, 9.17) is 0 Å². The molecule has 0 spiro atoms. The van der Waals surface area contributed by atoms with Gasteiger partial charge in [0.1, 0.15) is 18.1 Å². The van der Waals surface area contributed by atoms with Crippen molar-refractivity contribution in [3.05, 3.63) is 90.5 Å². The van der Waals surface area contributed by atoms with Gasteiger partial charge in [0, 0.05) is 31.3 Å². The van der Waals surface area contributed by atoms with Crippen molar-refractivity contribution < 1.29 is 34.0 Å². The SMILES string of the molecule is CC(=O)N1CCC[C@H]1C(=O)N[C@@H](CC(C)C)C(=O)NCC(=O)N[C@@H](Nc1ccc(NO)cc1)C(=O)N[C@@H](Cc1ccccc1)C(=O)Nc1ccccc1. The van der Waals surface area contributed by atoms with Crippen LogP contribution in [0, 0.1) is 5.92 Å². The maximum absolute atomic E-state index is 13.9. The van der Waals surface area contributed by atoms with Crippen LogP contribution in [0.5, 0.6) is 0 Å². The van der Waals surface area contributed by atoms with Gasteiger partial charge in [0.25, 0.3) is 5.91 Å². The predicted molar refractivity (Wildman–Crippen MR) is 199 cm³/mol.